The average molecular weight is 341 g/mol. The molecule has 2 aromatic rings. The van der Waals surface area contributed by atoms with Gasteiger partial charge in [-0.2, -0.15) is 0 Å². The lowest BCUT2D eigenvalue weighted by Gasteiger charge is -2.42. The molecule has 0 bridgehead atoms. The van der Waals surface area contributed by atoms with Crippen molar-refractivity contribution in [3.8, 4) is 0 Å². The van der Waals surface area contributed by atoms with Gasteiger partial charge in [0.1, 0.15) is 10.6 Å². The van der Waals surface area contributed by atoms with Gasteiger partial charge in [0.25, 0.3) is 0 Å². The molecule has 5 nitrogen and oxygen atoms in total. The fourth-order valence-corrected chi connectivity index (χ4v) is 4.82. The molecule has 1 aliphatic rings. The van der Waals surface area contributed by atoms with Crippen molar-refractivity contribution in [3.63, 3.8) is 0 Å². The van der Waals surface area contributed by atoms with Crippen LogP contribution in [0.25, 0.3) is 0 Å². The highest BCUT2D eigenvalue weighted by Gasteiger charge is 2.43. The molecule has 3 rings (SSSR count). The van der Waals surface area contributed by atoms with Gasteiger partial charge in [-0.15, -0.1) is 0 Å². The molecular formula is C15H17ClN2O3S. The second-order valence-electron chi connectivity index (χ2n) is 5.70. The van der Waals surface area contributed by atoms with Gasteiger partial charge in [-0.3, -0.25) is 0 Å². The molecule has 0 amide bonds. The zero-order valence-corrected chi connectivity index (χ0v) is 14.0. The summed E-state index contributed by atoms with van der Waals surface area (Å²) >= 11 is 5.92. The first-order chi connectivity index (χ1) is 10.3. The van der Waals surface area contributed by atoms with Gasteiger partial charge in [0, 0.05) is 5.02 Å². The van der Waals surface area contributed by atoms with Crippen molar-refractivity contribution in [1.82, 2.24) is 9.88 Å². The van der Waals surface area contributed by atoms with E-state index in [2.05, 4.69) is 9.88 Å². The summed E-state index contributed by atoms with van der Waals surface area (Å²) < 4.78 is 33.3. The predicted octanol–water partition coefficient (Wildman–Crippen LogP) is 3.30. The minimum atomic E-state index is -3.69. The third kappa shape index (κ3) is 2.55. The Labute approximate surface area is 134 Å². The van der Waals surface area contributed by atoms with Crippen LogP contribution in [0.4, 0.5) is 0 Å². The lowest BCUT2D eigenvalue weighted by atomic mass is 9.73. The van der Waals surface area contributed by atoms with Crippen LogP contribution in [-0.2, 0) is 15.6 Å². The largest absolute Gasteiger partial charge is 0.360 e. The molecule has 1 aliphatic carbocycles. The number of nitrogens with zero attached hydrogens (tertiary/aromatic N) is 1. The molecule has 0 aliphatic heterocycles. The Kier molecular flexibility index (Phi) is 3.79. The molecule has 0 atom stereocenters. The first-order valence-electron chi connectivity index (χ1n) is 7.07. The second-order valence-corrected chi connectivity index (χ2v) is 7.76. The highest BCUT2D eigenvalue weighted by molar-refractivity contribution is 7.89. The monoisotopic (exact) mass is 340 g/mol. The molecule has 0 unspecified atom stereocenters. The van der Waals surface area contributed by atoms with E-state index in [0.717, 1.165) is 24.8 Å². The summed E-state index contributed by atoms with van der Waals surface area (Å²) in [7, 11) is -3.69. The number of hydrogen-bond acceptors (Lipinski definition) is 4. The molecule has 1 aromatic carbocycles. The Hall–Kier alpha value is -1.37. The summed E-state index contributed by atoms with van der Waals surface area (Å²) in [5.41, 5.74) is 0.730. The average Bonchev–Trinajstić information content (AvgIpc) is 2.75. The first-order valence-corrected chi connectivity index (χ1v) is 8.93. The number of benzene rings is 1. The maximum atomic E-state index is 12.7. The Balaban J connectivity index is 1.98. The maximum Gasteiger partial charge on any atom is 0.246 e. The fraction of sp³-hybridized carbons (Fsp3) is 0.400. The molecule has 22 heavy (non-hydrogen) atoms. The van der Waals surface area contributed by atoms with Crippen LogP contribution in [0, 0.1) is 13.8 Å². The summed E-state index contributed by atoms with van der Waals surface area (Å²) in [5.74, 6) is 0.301. The zero-order valence-electron chi connectivity index (χ0n) is 12.4. The van der Waals surface area contributed by atoms with Crippen molar-refractivity contribution >= 4 is 21.6 Å². The topological polar surface area (TPSA) is 72.2 Å². The van der Waals surface area contributed by atoms with Crippen LogP contribution in [-0.4, -0.2) is 13.6 Å². The Morgan fingerprint density at radius 3 is 2.32 bits per heavy atom. The van der Waals surface area contributed by atoms with Crippen LogP contribution in [0.1, 0.15) is 36.3 Å². The van der Waals surface area contributed by atoms with Crippen molar-refractivity contribution < 1.29 is 12.9 Å². The van der Waals surface area contributed by atoms with Gasteiger partial charge < -0.3 is 4.52 Å². The minimum Gasteiger partial charge on any atom is -0.360 e. The third-order valence-corrected chi connectivity index (χ3v) is 6.20. The van der Waals surface area contributed by atoms with E-state index < -0.39 is 15.6 Å². The minimum absolute atomic E-state index is 0.132. The van der Waals surface area contributed by atoms with Crippen LogP contribution in [0.3, 0.4) is 0 Å². The van der Waals surface area contributed by atoms with Crippen LogP contribution < -0.4 is 4.72 Å². The van der Waals surface area contributed by atoms with E-state index in [1.54, 1.807) is 26.0 Å². The molecule has 1 N–H and O–H groups in total. The number of hydrogen-bond donors (Lipinski definition) is 1. The highest BCUT2D eigenvalue weighted by Crippen LogP contribution is 2.43. The van der Waals surface area contributed by atoms with Crippen molar-refractivity contribution in [2.24, 2.45) is 0 Å². The summed E-state index contributed by atoms with van der Waals surface area (Å²) in [5, 5.41) is 4.36. The van der Waals surface area contributed by atoms with Crippen LogP contribution in [0.5, 0.6) is 0 Å². The van der Waals surface area contributed by atoms with E-state index in [9.17, 15) is 8.42 Å². The van der Waals surface area contributed by atoms with Crippen molar-refractivity contribution in [1.29, 1.82) is 0 Å². The van der Waals surface area contributed by atoms with Crippen molar-refractivity contribution in [2.45, 2.75) is 43.5 Å². The molecule has 0 saturated heterocycles. The van der Waals surface area contributed by atoms with Gasteiger partial charge in [0.05, 0.1) is 5.54 Å². The molecule has 1 saturated carbocycles. The zero-order chi connectivity index (χ0) is 16.0. The van der Waals surface area contributed by atoms with Gasteiger partial charge in [-0.25, -0.2) is 13.1 Å². The number of aromatic nitrogens is 1. The highest BCUT2D eigenvalue weighted by atomic mass is 35.5. The fourth-order valence-electron chi connectivity index (χ4n) is 2.92. The van der Waals surface area contributed by atoms with E-state index in [1.165, 1.54) is 0 Å². The Bertz CT molecular complexity index is 773. The summed E-state index contributed by atoms with van der Waals surface area (Å²) in [6.45, 7) is 3.23. The maximum absolute atomic E-state index is 12.7. The molecule has 1 fully saturated rings. The first kappa shape index (κ1) is 15.5. The third-order valence-electron chi connectivity index (χ3n) is 4.17. The molecule has 7 heteroatoms. The Morgan fingerprint density at radius 2 is 1.86 bits per heavy atom. The van der Waals surface area contributed by atoms with Gasteiger partial charge in [-0.1, -0.05) is 28.9 Å². The quantitative estimate of drug-likeness (QED) is 0.926. The second kappa shape index (κ2) is 5.37. The number of sulfonamides is 1. The molecule has 1 heterocycles. The number of halogens is 1. The molecule has 0 spiro atoms. The predicted molar refractivity (Wildman–Crippen MR) is 83.3 cm³/mol. The van der Waals surface area contributed by atoms with Crippen LogP contribution >= 0.6 is 11.6 Å². The van der Waals surface area contributed by atoms with Crippen LogP contribution in [0.15, 0.2) is 33.7 Å². The lowest BCUT2D eigenvalue weighted by molar-refractivity contribution is 0.224. The molecule has 0 radical (unpaired) electrons. The number of aryl methyl sites for hydroxylation is 2. The SMILES string of the molecule is Cc1noc(C)c1S(=O)(=O)NC1(c2ccc(Cl)cc2)CCC1. The smallest absolute Gasteiger partial charge is 0.246 e. The standard InChI is InChI=1S/C15H17ClN2O3S/c1-10-14(11(2)21-17-10)22(19,20)18-15(8-3-9-15)12-4-6-13(16)7-5-12/h4-7,18H,3,8-9H2,1-2H3. The van der Waals surface area contributed by atoms with Gasteiger partial charge in [-0.05, 0) is 50.8 Å². The molecule has 1 aromatic heterocycles. The van der Waals surface area contributed by atoms with E-state index in [-0.39, 0.29) is 4.90 Å². The van der Waals surface area contributed by atoms with E-state index in [0.29, 0.717) is 16.5 Å². The van der Waals surface area contributed by atoms with Crippen molar-refractivity contribution in [3.05, 3.63) is 46.3 Å². The molecule has 118 valence electrons. The van der Waals surface area contributed by atoms with E-state index in [1.807, 2.05) is 12.1 Å². The summed E-state index contributed by atoms with van der Waals surface area (Å²) in [6, 6.07) is 7.30. The normalized spacial score (nSPS) is 17.2. The van der Waals surface area contributed by atoms with E-state index in [4.69, 9.17) is 16.1 Å². The summed E-state index contributed by atoms with van der Waals surface area (Å²) in [6.07, 6.45) is 2.50. The molecular weight excluding hydrogens is 324 g/mol. The lowest BCUT2D eigenvalue weighted by Crippen LogP contribution is -2.50. The van der Waals surface area contributed by atoms with Crippen LogP contribution in [0.2, 0.25) is 5.02 Å². The number of nitrogens with one attached hydrogen (secondary N) is 1. The van der Waals surface area contributed by atoms with Crippen molar-refractivity contribution in [2.75, 3.05) is 0 Å². The number of rotatable bonds is 4. The van der Waals surface area contributed by atoms with Gasteiger partial charge in [0.15, 0.2) is 5.76 Å². The summed E-state index contributed by atoms with van der Waals surface area (Å²) in [4.78, 5) is 0.132. The van der Waals surface area contributed by atoms with Gasteiger partial charge >= 0.3 is 0 Å². The van der Waals surface area contributed by atoms with E-state index >= 15 is 0 Å². The van der Waals surface area contributed by atoms with Gasteiger partial charge in [0.2, 0.25) is 10.0 Å². The Morgan fingerprint density at radius 1 is 1.23 bits per heavy atom.